The Hall–Kier alpha value is -1.30. The molecule has 27 heavy (non-hydrogen) atoms. The van der Waals surface area contributed by atoms with Gasteiger partial charge in [-0.25, -0.2) is 0 Å². The van der Waals surface area contributed by atoms with Crippen molar-refractivity contribution in [1.29, 1.82) is 0 Å². The third kappa shape index (κ3) is 2.95. The van der Waals surface area contributed by atoms with Crippen molar-refractivity contribution in [2.24, 2.45) is 0 Å². The maximum atomic E-state index is 10.2. The molecule has 0 fully saturated rings. The molecule has 0 saturated heterocycles. The van der Waals surface area contributed by atoms with Crippen LogP contribution in [0.15, 0.2) is 24.3 Å². The summed E-state index contributed by atoms with van der Waals surface area (Å²) in [5.41, 5.74) is 2.55. The summed E-state index contributed by atoms with van der Waals surface area (Å²) in [7, 11) is 0.408. The van der Waals surface area contributed by atoms with E-state index in [1.165, 1.54) is 11.1 Å². The van der Waals surface area contributed by atoms with Crippen molar-refractivity contribution in [2.75, 3.05) is 13.6 Å². The maximum absolute atomic E-state index is 10.2. The molecule has 5 heteroatoms. The zero-order chi connectivity index (χ0) is 19.2. The van der Waals surface area contributed by atoms with E-state index in [-0.39, 0.29) is 11.5 Å². The number of ether oxygens (including phenoxy) is 1. The Morgan fingerprint density at radius 2 is 2.00 bits per heavy atom. The van der Waals surface area contributed by atoms with Crippen molar-refractivity contribution in [3.63, 3.8) is 0 Å². The van der Waals surface area contributed by atoms with E-state index in [2.05, 4.69) is 50.9 Å². The lowest BCUT2D eigenvalue weighted by Crippen LogP contribution is -2.42. The molecule has 3 aliphatic rings. The molecule has 0 aromatic heterocycles. The fourth-order valence-electron chi connectivity index (χ4n) is 5.20. The molecule has 0 bridgehead atoms. The van der Waals surface area contributed by atoms with E-state index >= 15 is 0 Å². The molecular formula is C22H33NO3Si. The summed E-state index contributed by atoms with van der Waals surface area (Å²) >= 11 is 0. The first-order valence-corrected chi connectivity index (χ1v) is 13.1. The van der Waals surface area contributed by atoms with Gasteiger partial charge in [0.05, 0.1) is 11.5 Å². The van der Waals surface area contributed by atoms with Crippen LogP contribution in [0.25, 0.3) is 0 Å². The second kappa shape index (κ2) is 6.94. The van der Waals surface area contributed by atoms with Crippen molar-refractivity contribution in [1.82, 2.24) is 4.90 Å². The molecule has 1 spiro atoms. The van der Waals surface area contributed by atoms with Crippen LogP contribution >= 0.6 is 0 Å². The van der Waals surface area contributed by atoms with Gasteiger partial charge in [-0.2, -0.15) is 0 Å². The van der Waals surface area contributed by atoms with Crippen molar-refractivity contribution in [2.45, 2.75) is 75.9 Å². The van der Waals surface area contributed by atoms with Gasteiger partial charge in [0, 0.05) is 18.5 Å². The summed E-state index contributed by atoms with van der Waals surface area (Å²) in [4.78, 5) is 2.39. The molecule has 1 aromatic rings. The molecule has 0 saturated carbocycles. The molecule has 0 amide bonds. The van der Waals surface area contributed by atoms with E-state index in [9.17, 15) is 5.11 Å². The highest BCUT2D eigenvalue weighted by atomic mass is 28.4. The van der Waals surface area contributed by atoms with Gasteiger partial charge in [0.2, 0.25) is 0 Å². The van der Waals surface area contributed by atoms with Gasteiger partial charge in [0.15, 0.2) is 5.75 Å². The SMILES string of the molecule is CC[Si](CC)(CC)Oc1ccc2c3c1O[C@H]1C[C@@H](O)C=C[C@@]31CCN(C)C2. The summed E-state index contributed by atoms with van der Waals surface area (Å²) in [6, 6.07) is 7.75. The van der Waals surface area contributed by atoms with E-state index in [1.807, 2.05) is 6.08 Å². The summed E-state index contributed by atoms with van der Waals surface area (Å²) in [6.45, 7) is 8.76. The first kappa shape index (κ1) is 19.0. The molecule has 148 valence electrons. The predicted molar refractivity (Wildman–Crippen MR) is 111 cm³/mol. The summed E-state index contributed by atoms with van der Waals surface area (Å²) < 4.78 is 13.3. The Labute approximate surface area is 164 Å². The van der Waals surface area contributed by atoms with Gasteiger partial charge in [-0.1, -0.05) is 39.0 Å². The molecule has 1 N–H and O–H groups in total. The highest BCUT2D eigenvalue weighted by Gasteiger charge is 2.53. The average molecular weight is 388 g/mol. The van der Waals surface area contributed by atoms with Gasteiger partial charge < -0.3 is 19.2 Å². The first-order chi connectivity index (χ1) is 13.0. The number of nitrogens with zero attached hydrogens (tertiary/aromatic N) is 1. The standard InChI is InChI=1S/C22H33NO3Si/c1-5-27(6-2,7-3)26-18-9-8-16-15-23(4)13-12-22-11-10-17(24)14-19(22)25-21(18)20(16)22/h8-11,17,19,24H,5-7,12-15H2,1-4H3/t17-,19-,22-/m0/s1. The van der Waals surface area contributed by atoms with Crippen molar-refractivity contribution in [3.8, 4) is 11.5 Å². The van der Waals surface area contributed by atoms with Gasteiger partial charge in [-0.15, -0.1) is 0 Å². The molecule has 1 aromatic carbocycles. The fraction of sp³-hybridized carbons (Fsp3) is 0.636. The molecule has 3 atom stereocenters. The molecule has 2 aliphatic heterocycles. The predicted octanol–water partition coefficient (Wildman–Crippen LogP) is 4.23. The normalized spacial score (nSPS) is 29.7. The second-order valence-corrected chi connectivity index (χ2v) is 13.3. The molecule has 0 unspecified atom stereocenters. The van der Waals surface area contributed by atoms with Crippen LogP contribution in [0.2, 0.25) is 18.1 Å². The van der Waals surface area contributed by atoms with Crippen molar-refractivity contribution in [3.05, 3.63) is 35.4 Å². The lowest BCUT2D eigenvalue weighted by molar-refractivity contribution is 0.0826. The monoisotopic (exact) mass is 387 g/mol. The van der Waals surface area contributed by atoms with E-state index < -0.39 is 14.4 Å². The summed E-state index contributed by atoms with van der Waals surface area (Å²) in [5, 5.41) is 10.2. The number of rotatable bonds is 5. The van der Waals surface area contributed by atoms with Gasteiger partial charge in [-0.3, -0.25) is 0 Å². The van der Waals surface area contributed by atoms with Crippen LogP contribution in [-0.4, -0.2) is 44.1 Å². The van der Waals surface area contributed by atoms with Crippen LogP contribution in [0.5, 0.6) is 11.5 Å². The summed E-state index contributed by atoms with van der Waals surface area (Å²) in [6.07, 6.45) is 5.47. The van der Waals surface area contributed by atoms with Gasteiger partial charge >= 0.3 is 0 Å². The lowest BCUT2D eigenvalue weighted by atomic mass is 9.69. The third-order valence-electron chi connectivity index (χ3n) is 7.19. The second-order valence-electron chi connectivity index (χ2n) is 8.57. The Kier molecular flexibility index (Phi) is 4.89. The molecule has 1 aliphatic carbocycles. The largest absolute Gasteiger partial charge is 0.541 e. The van der Waals surface area contributed by atoms with Crippen LogP contribution in [0.3, 0.4) is 0 Å². The Bertz CT molecular complexity index is 737. The van der Waals surface area contributed by atoms with Gasteiger partial charge in [0.25, 0.3) is 8.32 Å². The molecular weight excluding hydrogens is 354 g/mol. The smallest absolute Gasteiger partial charge is 0.250 e. The zero-order valence-corrected chi connectivity index (χ0v) is 18.1. The van der Waals surface area contributed by atoms with Crippen LogP contribution in [0.1, 0.15) is 44.7 Å². The van der Waals surface area contributed by atoms with Gasteiger partial charge in [-0.05, 0) is 49.8 Å². The summed E-state index contributed by atoms with van der Waals surface area (Å²) in [5.74, 6) is 1.89. The Balaban J connectivity index is 1.84. The fourth-order valence-corrected chi connectivity index (χ4v) is 7.76. The molecule has 0 radical (unpaired) electrons. The zero-order valence-electron chi connectivity index (χ0n) is 17.1. The van der Waals surface area contributed by atoms with E-state index in [0.717, 1.165) is 49.1 Å². The number of benzene rings is 1. The van der Waals surface area contributed by atoms with E-state index in [1.54, 1.807) is 0 Å². The van der Waals surface area contributed by atoms with Crippen LogP contribution in [0.4, 0.5) is 0 Å². The number of hydrogen-bond donors (Lipinski definition) is 1. The Morgan fingerprint density at radius 3 is 2.70 bits per heavy atom. The van der Waals surface area contributed by atoms with Crippen molar-refractivity contribution < 1.29 is 14.3 Å². The maximum Gasteiger partial charge on any atom is 0.250 e. The quantitative estimate of drug-likeness (QED) is 0.606. The minimum Gasteiger partial charge on any atom is -0.541 e. The highest BCUT2D eigenvalue weighted by molar-refractivity contribution is 6.74. The number of aliphatic hydroxyl groups is 1. The van der Waals surface area contributed by atoms with E-state index in [0.29, 0.717) is 6.42 Å². The first-order valence-electron chi connectivity index (χ1n) is 10.5. The third-order valence-corrected chi connectivity index (χ3v) is 11.7. The average Bonchev–Trinajstić information content (AvgIpc) is 2.93. The minimum atomic E-state index is -1.78. The number of aliphatic hydroxyl groups excluding tert-OH is 1. The molecule has 2 heterocycles. The van der Waals surface area contributed by atoms with Crippen LogP contribution in [-0.2, 0) is 12.0 Å². The minimum absolute atomic E-state index is 0.00319. The lowest BCUT2D eigenvalue weighted by Gasteiger charge is -2.35. The van der Waals surface area contributed by atoms with Gasteiger partial charge in [0.1, 0.15) is 11.9 Å². The topological polar surface area (TPSA) is 41.9 Å². The Morgan fingerprint density at radius 1 is 1.26 bits per heavy atom. The highest BCUT2D eigenvalue weighted by Crippen LogP contribution is 2.56. The van der Waals surface area contributed by atoms with Crippen LogP contribution in [0, 0.1) is 0 Å². The molecule has 4 nitrogen and oxygen atoms in total. The van der Waals surface area contributed by atoms with E-state index in [4.69, 9.17) is 9.16 Å². The molecule has 4 rings (SSSR count). The van der Waals surface area contributed by atoms with Crippen LogP contribution < -0.4 is 9.16 Å². The van der Waals surface area contributed by atoms with Crippen molar-refractivity contribution >= 4 is 8.32 Å². The number of hydrogen-bond acceptors (Lipinski definition) is 4.